The lowest BCUT2D eigenvalue weighted by Crippen LogP contribution is -2.64. The van der Waals surface area contributed by atoms with Gasteiger partial charge in [0.1, 0.15) is 17.1 Å². The Hall–Kier alpha value is -4.45. The van der Waals surface area contributed by atoms with Gasteiger partial charge in [-0.1, -0.05) is 23.7 Å². The predicted octanol–water partition coefficient (Wildman–Crippen LogP) is 2.36. The fraction of sp³-hybridized carbons (Fsp3) is 0.241. The fourth-order valence-corrected chi connectivity index (χ4v) is 6.20. The summed E-state index contributed by atoms with van der Waals surface area (Å²) in [6.45, 7) is 1.64. The van der Waals surface area contributed by atoms with Crippen LogP contribution in [0.4, 0.5) is 5.69 Å². The van der Waals surface area contributed by atoms with Crippen LogP contribution in [0.3, 0.4) is 0 Å². The predicted molar refractivity (Wildman–Crippen MR) is 149 cm³/mol. The number of aliphatic hydroxyl groups excluding tert-OH is 1. The summed E-state index contributed by atoms with van der Waals surface area (Å²) >= 11 is 5.97. The van der Waals surface area contributed by atoms with Gasteiger partial charge in [0.05, 0.1) is 22.7 Å². The lowest BCUT2D eigenvalue weighted by atomic mass is 9.61. The molecule has 0 saturated carbocycles. The third-order valence-corrected chi connectivity index (χ3v) is 8.21. The van der Waals surface area contributed by atoms with Gasteiger partial charge in [0, 0.05) is 16.5 Å². The zero-order valence-electron chi connectivity index (χ0n) is 22.2. The van der Waals surface area contributed by atoms with Crippen LogP contribution in [0.2, 0.25) is 5.02 Å². The molecular weight excluding hydrogens is 554 g/mol. The molecule has 41 heavy (non-hydrogen) atoms. The van der Waals surface area contributed by atoms with Gasteiger partial charge in [0.15, 0.2) is 17.1 Å². The van der Waals surface area contributed by atoms with Gasteiger partial charge in [-0.05, 0) is 68.2 Å². The van der Waals surface area contributed by atoms with Gasteiger partial charge in [-0.2, -0.15) is 0 Å². The number of aliphatic hydroxyl groups is 2. The molecule has 3 atom stereocenters. The van der Waals surface area contributed by atoms with E-state index in [9.17, 15) is 39.6 Å². The highest BCUT2D eigenvalue weighted by atomic mass is 35.5. The molecule has 5 rings (SSSR count). The number of halogens is 1. The van der Waals surface area contributed by atoms with Gasteiger partial charge in [0.25, 0.3) is 11.8 Å². The minimum Gasteiger partial charge on any atom is -0.508 e. The highest BCUT2D eigenvalue weighted by Gasteiger charge is 2.62. The first kappa shape index (κ1) is 28.1. The molecule has 2 aliphatic rings. The minimum atomic E-state index is -2.77. The van der Waals surface area contributed by atoms with Gasteiger partial charge in [-0.3, -0.25) is 24.1 Å². The highest BCUT2D eigenvalue weighted by Crippen LogP contribution is 2.51. The molecule has 3 aromatic rings. The van der Waals surface area contributed by atoms with Crippen LogP contribution in [-0.2, 0) is 16.0 Å². The number of hydrogen-bond donors (Lipinski definition) is 6. The average Bonchev–Trinajstić information content (AvgIpc) is 2.89. The Morgan fingerprint density at radius 2 is 1.78 bits per heavy atom. The molecular formula is C29H26ClN3O8. The van der Waals surface area contributed by atoms with Crippen LogP contribution >= 0.6 is 11.6 Å². The number of carbonyl (C=O) groups is 4. The number of hydrogen-bond acceptors (Lipinski definition) is 9. The second kappa shape index (κ2) is 9.58. The normalized spacial score (nSPS) is 22.1. The number of likely N-dealkylation sites (N-methyl/N-ethyl adjacent to an activating group) is 1. The third-order valence-electron chi connectivity index (χ3n) is 7.98. The number of nitrogens with two attached hydrogens (primary N) is 1. The number of rotatable bonds is 4. The van der Waals surface area contributed by atoms with Gasteiger partial charge >= 0.3 is 0 Å². The smallest absolute Gasteiger partial charge is 0.255 e. The molecule has 212 valence electrons. The Labute approximate surface area is 238 Å². The second-order valence-electron chi connectivity index (χ2n) is 10.4. The molecule has 0 fully saturated rings. The standard InChI is InChI=1S/C29H26ClN3O8/c1-11-14-7-8-17(32-28(40)12-5-4-6-13(30)9-12)22(34)18(14)23(35)19-15(11)10-16-21(33(2)3)24(36)20(27(31)39)26(38)29(16,41)25(19)37/h4-9,16,21,34-35,38,41H,10H2,1-3H3,(H2,31,39)(H,32,40)/t16-,21-,29-/m0/s1. The van der Waals surface area contributed by atoms with Crippen molar-refractivity contribution in [2.45, 2.75) is 25.0 Å². The summed E-state index contributed by atoms with van der Waals surface area (Å²) in [5.41, 5.74) is 2.16. The quantitative estimate of drug-likeness (QED) is 0.199. The van der Waals surface area contributed by atoms with Crippen LogP contribution in [0.5, 0.6) is 11.5 Å². The van der Waals surface area contributed by atoms with Crippen LogP contribution in [0.15, 0.2) is 47.7 Å². The Kier molecular flexibility index (Phi) is 6.57. The minimum absolute atomic E-state index is 0.0772. The summed E-state index contributed by atoms with van der Waals surface area (Å²) < 4.78 is 0. The first-order valence-corrected chi connectivity index (χ1v) is 12.9. The molecule has 0 bridgehead atoms. The van der Waals surface area contributed by atoms with Crippen molar-refractivity contribution >= 4 is 51.4 Å². The average molecular weight is 580 g/mol. The van der Waals surface area contributed by atoms with Crippen molar-refractivity contribution < 1.29 is 39.6 Å². The van der Waals surface area contributed by atoms with Gasteiger partial charge in [0.2, 0.25) is 5.78 Å². The van der Waals surface area contributed by atoms with Gasteiger partial charge < -0.3 is 31.5 Å². The summed E-state index contributed by atoms with van der Waals surface area (Å²) in [5.74, 6) is -7.60. The third kappa shape index (κ3) is 3.96. The summed E-state index contributed by atoms with van der Waals surface area (Å²) in [4.78, 5) is 53.5. The number of aromatic hydroxyl groups is 2. The number of Topliss-reactive ketones (excluding diaryl/α,β-unsaturated/α-hetero) is 2. The Morgan fingerprint density at radius 3 is 2.39 bits per heavy atom. The molecule has 12 heteroatoms. The molecule has 0 aliphatic heterocycles. The fourth-order valence-electron chi connectivity index (χ4n) is 6.01. The number of ketones is 2. The molecule has 0 aromatic heterocycles. The van der Waals surface area contributed by atoms with E-state index in [1.165, 1.54) is 37.2 Å². The van der Waals surface area contributed by atoms with E-state index < -0.39 is 69.3 Å². The van der Waals surface area contributed by atoms with Crippen LogP contribution in [0.1, 0.15) is 31.8 Å². The molecule has 0 unspecified atom stereocenters. The van der Waals surface area contributed by atoms with E-state index in [1.807, 2.05) is 0 Å². The summed E-state index contributed by atoms with van der Waals surface area (Å²) in [7, 11) is 3.04. The summed E-state index contributed by atoms with van der Waals surface area (Å²) in [5, 5.41) is 48.2. The van der Waals surface area contributed by atoms with Crippen LogP contribution in [0, 0.1) is 12.8 Å². The van der Waals surface area contributed by atoms with Crippen molar-refractivity contribution in [2.24, 2.45) is 11.7 Å². The van der Waals surface area contributed by atoms with Crippen LogP contribution < -0.4 is 11.1 Å². The SMILES string of the molecule is Cc1c2c(c(O)c3c(O)c(NC(=O)c4cccc(Cl)c4)ccc13)C(=O)[C@]1(O)C(O)=C(C(N)=O)C(=O)[C@@H](N(C)C)[C@@H]1C2. The van der Waals surface area contributed by atoms with E-state index in [1.54, 1.807) is 25.1 Å². The van der Waals surface area contributed by atoms with Gasteiger partial charge in [-0.15, -0.1) is 0 Å². The molecule has 0 heterocycles. The van der Waals surface area contributed by atoms with Crippen LogP contribution in [-0.4, -0.2) is 74.4 Å². The second-order valence-corrected chi connectivity index (χ2v) is 10.9. The van der Waals surface area contributed by atoms with E-state index in [0.29, 0.717) is 21.5 Å². The van der Waals surface area contributed by atoms with E-state index in [2.05, 4.69) is 5.32 Å². The Bertz CT molecular complexity index is 1750. The maximum absolute atomic E-state index is 14.0. The number of carbonyl (C=O) groups excluding carboxylic acids is 4. The highest BCUT2D eigenvalue weighted by molar-refractivity contribution is 6.31. The first-order chi connectivity index (χ1) is 19.2. The van der Waals surface area contributed by atoms with E-state index in [0.717, 1.165) is 0 Å². The number of fused-ring (bicyclic) bond motifs is 3. The Balaban J connectivity index is 1.71. The van der Waals surface area contributed by atoms with E-state index >= 15 is 0 Å². The molecule has 0 radical (unpaired) electrons. The van der Waals surface area contributed by atoms with Crippen molar-refractivity contribution in [1.29, 1.82) is 0 Å². The molecule has 3 aromatic carbocycles. The van der Waals surface area contributed by atoms with Crippen molar-refractivity contribution in [2.75, 3.05) is 19.4 Å². The largest absolute Gasteiger partial charge is 0.508 e. The number of anilines is 1. The van der Waals surface area contributed by atoms with Gasteiger partial charge in [-0.25, -0.2) is 0 Å². The van der Waals surface area contributed by atoms with E-state index in [-0.39, 0.29) is 23.1 Å². The lowest BCUT2D eigenvalue weighted by molar-refractivity contribution is -0.132. The number of amides is 2. The first-order valence-electron chi connectivity index (χ1n) is 12.5. The number of nitrogens with one attached hydrogen (secondary N) is 1. The number of primary amides is 1. The number of benzene rings is 3. The zero-order valence-corrected chi connectivity index (χ0v) is 22.9. The molecule has 7 N–H and O–H groups in total. The maximum Gasteiger partial charge on any atom is 0.255 e. The summed E-state index contributed by atoms with van der Waals surface area (Å²) in [6, 6.07) is 7.89. The summed E-state index contributed by atoms with van der Waals surface area (Å²) in [6.07, 6.45) is -0.147. The van der Waals surface area contributed by atoms with Crippen molar-refractivity contribution in [3.63, 3.8) is 0 Å². The molecule has 0 spiro atoms. The van der Waals surface area contributed by atoms with Crippen molar-refractivity contribution in [3.05, 3.63) is 75.0 Å². The van der Waals surface area contributed by atoms with Crippen molar-refractivity contribution in [3.8, 4) is 11.5 Å². The lowest BCUT2D eigenvalue weighted by Gasteiger charge is -2.47. The topological polar surface area (TPSA) is 190 Å². The molecule has 11 nitrogen and oxygen atoms in total. The van der Waals surface area contributed by atoms with E-state index in [4.69, 9.17) is 17.3 Å². The Morgan fingerprint density at radius 1 is 1.10 bits per heavy atom. The number of nitrogens with zero attached hydrogens (tertiary/aromatic N) is 1. The molecule has 2 amide bonds. The number of phenolic OH excluding ortho intramolecular Hbond substituents is 2. The maximum atomic E-state index is 14.0. The molecule has 0 saturated heterocycles. The number of aryl methyl sites for hydroxylation is 1. The monoisotopic (exact) mass is 579 g/mol. The van der Waals surface area contributed by atoms with Crippen LogP contribution in [0.25, 0.3) is 10.8 Å². The van der Waals surface area contributed by atoms with Crippen molar-refractivity contribution in [1.82, 2.24) is 4.90 Å². The number of phenols is 2. The molecule has 2 aliphatic carbocycles. The zero-order chi connectivity index (χ0) is 30.1.